The average Bonchev–Trinajstić information content (AvgIpc) is 2.93. The number of rotatable bonds is 13. The van der Waals surface area contributed by atoms with Gasteiger partial charge in [0.2, 0.25) is 5.91 Å². The van der Waals surface area contributed by atoms with E-state index in [0.717, 1.165) is 11.1 Å². The molecule has 0 fully saturated rings. The molecular weight excluding hydrogens is 566 g/mol. The Morgan fingerprint density at radius 2 is 1.27 bits per heavy atom. The van der Waals surface area contributed by atoms with Crippen molar-refractivity contribution in [2.24, 2.45) is 10.8 Å². The first-order chi connectivity index (χ1) is 20.5. The summed E-state index contributed by atoms with van der Waals surface area (Å²) >= 11 is 0. The normalized spacial score (nSPS) is 14.5. The molecule has 0 aromatic heterocycles. The molecule has 0 aliphatic rings. The number of hydrazine groups is 1. The molecule has 0 saturated carbocycles. The van der Waals surface area contributed by atoms with E-state index in [1.165, 1.54) is 12.1 Å². The van der Waals surface area contributed by atoms with Gasteiger partial charge in [-0.3, -0.25) is 15.0 Å². The Bertz CT molecular complexity index is 1230. The Kier molecular flexibility index (Phi) is 13.2. The predicted molar refractivity (Wildman–Crippen MR) is 166 cm³/mol. The van der Waals surface area contributed by atoms with E-state index >= 15 is 0 Å². The molecule has 0 bridgehead atoms. The van der Waals surface area contributed by atoms with Crippen LogP contribution < -0.4 is 21.4 Å². The van der Waals surface area contributed by atoms with Crippen molar-refractivity contribution in [2.45, 2.75) is 78.7 Å². The third-order valence-electron chi connectivity index (χ3n) is 6.95. The first-order valence-corrected chi connectivity index (χ1v) is 14.5. The van der Waals surface area contributed by atoms with Crippen molar-refractivity contribution in [3.8, 4) is 0 Å². The van der Waals surface area contributed by atoms with Crippen molar-refractivity contribution in [3.63, 3.8) is 0 Å². The van der Waals surface area contributed by atoms with Crippen molar-refractivity contribution >= 4 is 24.0 Å². The summed E-state index contributed by atoms with van der Waals surface area (Å²) in [5.74, 6) is -1.11. The summed E-state index contributed by atoms with van der Waals surface area (Å²) in [7, 11) is 1.21. The van der Waals surface area contributed by atoms with E-state index in [9.17, 15) is 29.4 Å². The standard InChI is InChI=1S/C32H47N5O7/c1-31(2,3)25(35-30(43)44-7)27(39)33-23(18-21-14-10-8-11-15-21)24(38)20-37(19-22-16-12-9-13-17-22)36-28(40)26(32(4,5)6)34-29(41)42/h8-17,23-26,34,38H,18-20H2,1-7H3,(H,33,39)(H,35,43)(H,36,40)(H,41,42)/t23-,24-,25+,26+/m0/s1. The molecule has 12 nitrogen and oxygen atoms in total. The van der Waals surface area contributed by atoms with Crippen LogP contribution in [0.2, 0.25) is 0 Å². The molecule has 0 spiro atoms. The van der Waals surface area contributed by atoms with Crippen LogP contribution in [-0.4, -0.2) is 77.1 Å². The minimum Gasteiger partial charge on any atom is -0.465 e. The van der Waals surface area contributed by atoms with Crippen LogP contribution in [0.1, 0.15) is 52.7 Å². The lowest BCUT2D eigenvalue weighted by Gasteiger charge is -2.35. The molecule has 0 unspecified atom stereocenters. The quantitative estimate of drug-likeness (QED) is 0.187. The second-order valence-corrected chi connectivity index (χ2v) is 12.9. The van der Waals surface area contributed by atoms with Crippen LogP contribution in [0.3, 0.4) is 0 Å². The number of amides is 4. The van der Waals surface area contributed by atoms with Gasteiger partial charge in [-0.1, -0.05) is 102 Å². The Hall–Kier alpha value is -4.16. The van der Waals surface area contributed by atoms with E-state index in [4.69, 9.17) is 4.74 Å². The van der Waals surface area contributed by atoms with Crippen LogP contribution in [0, 0.1) is 10.8 Å². The van der Waals surface area contributed by atoms with Gasteiger partial charge in [0, 0.05) is 13.1 Å². The van der Waals surface area contributed by atoms with Gasteiger partial charge in [0.15, 0.2) is 0 Å². The molecule has 6 N–H and O–H groups in total. The van der Waals surface area contributed by atoms with Crippen LogP contribution in [0.25, 0.3) is 0 Å². The molecule has 4 amide bonds. The second kappa shape index (κ2) is 16.1. The Labute approximate surface area is 259 Å². The topological polar surface area (TPSA) is 169 Å². The molecule has 4 atom stereocenters. The van der Waals surface area contributed by atoms with E-state index in [1.807, 2.05) is 60.7 Å². The molecule has 0 radical (unpaired) electrons. The van der Waals surface area contributed by atoms with Gasteiger partial charge < -0.3 is 30.9 Å². The Balaban J connectivity index is 2.40. The van der Waals surface area contributed by atoms with Crippen LogP contribution in [0.4, 0.5) is 9.59 Å². The number of ether oxygens (including phenoxy) is 1. The maximum atomic E-state index is 13.6. The van der Waals surface area contributed by atoms with Gasteiger partial charge >= 0.3 is 12.2 Å². The number of nitrogens with one attached hydrogen (secondary N) is 4. The highest BCUT2D eigenvalue weighted by Crippen LogP contribution is 2.22. The number of alkyl carbamates (subject to hydrolysis) is 1. The Morgan fingerprint density at radius 3 is 1.75 bits per heavy atom. The minimum absolute atomic E-state index is 0.118. The first-order valence-electron chi connectivity index (χ1n) is 14.5. The molecular formula is C32H47N5O7. The highest BCUT2D eigenvalue weighted by Gasteiger charge is 2.37. The zero-order valence-electron chi connectivity index (χ0n) is 26.6. The van der Waals surface area contributed by atoms with E-state index < -0.39 is 59.1 Å². The van der Waals surface area contributed by atoms with Gasteiger partial charge in [0.25, 0.3) is 5.91 Å². The van der Waals surface area contributed by atoms with Crippen molar-refractivity contribution in [2.75, 3.05) is 13.7 Å². The van der Waals surface area contributed by atoms with Crippen LogP contribution in [0.5, 0.6) is 0 Å². The number of hydrogen-bond donors (Lipinski definition) is 6. The summed E-state index contributed by atoms with van der Waals surface area (Å²) < 4.78 is 4.72. The molecule has 2 rings (SSSR count). The highest BCUT2D eigenvalue weighted by molar-refractivity contribution is 5.87. The third kappa shape index (κ3) is 11.8. The minimum atomic E-state index is -1.34. The van der Waals surface area contributed by atoms with E-state index in [0.29, 0.717) is 0 Å². The van der Waals surface area contributed by atoms with Gasteiger partial charge in [-0.25, -0.2) is 14.6 Å². The predicted octanol–water partition coefficient (Wildman–Crippen LogP) is 3.06. The van der Waals surface area contributed by atoms with Crippen molar-refractivity contribution in [3.05, 3.63) is 71.8 Å². The van der Waals surface area contributed by atoms with Crippen molar-refractivity contribution in [1.82, 2.24) is 26.4 Å². The van der Waals surface area contributed by atoms with E-state index in [1.54, 1.807) is 41.5 Å². The second-order valence-electron chi connectivity index (χ2n) is 12.9. The SMILES string of the molecule is COC(=O)N[C@H](C(=O)N[C@@H](Cc1ccccc1)[C@@H](O)CN(Cc1ccccc1)NC(=O)[C@@H](NC(=O)O)C(C)(C)C)C(C)(C)C. The molecule has 2 aromatic rings. The number of methoxy groups -OCH3 is 1. The molecule has 2 aromatic carbocycles. The van der Waals surface area contributed by atoms with E-state index in [2.05, 4.69) is 21.4 Å². The van der Waals surface area contributed by atoms with Crippen molar-refractivity contribution in [1.29, 1.82) is 0 Å². The Morgan fingerprint density at radius 1 is 0.773 bits per heavy atom. The lowest BCUT2D eigenvalue weighted by atomic mass is 9.85. The molecule has 12 heteroatoms. The lowest BCUT2D eigenvalue weighted by molar-refractivity contribution is -0.132. The maximum Gasteiger partial charge on any atom is 0.407 e. The van der Waals surface area contributed by atoms with E-state index in [-0.39, 0.29) is 19.5 Å². The molecule has 242 valence electrons. The zero-order chi connectivity index (χ0) is 33.1. The monoisotopic (exact) mass is 613 g/mol. The number of nitrogens with zero attached hydrogens (tertiary/aromatic N) is 1. The number of hydrogen-bond acceptors (Lipinski definition) is 7. The summed E-state index contributed by atoms with van der Waals surface area (Å²) in [6.45, 7) is 10.7. The van der Waals surface area contributed by atoms with Gasteiger partial charge in [-0.05, 0) is 28.4 Å². The largest absolute Gasteiger partial charge is 0.465 e. The molecule has 0 aliphatic heterocycles. The van der Waals surface area contributed by atoms with Crippen LogP contribution >= 0.6 is 0 Å². The number of carboxylic acid groups (broad SMARTS) is 1. The van der Waals surface area contributed by atoms with Gasteiger partial charge in [0.05, 0.1) is 19.3 Å². The average molecular weight is 614 g/mol. The number of carbonyl (C=O) groups excluding carboxylic acids is 3. The summed E-state index contributed by atoms with van der Waals surface area (Å²) in [4.78, 5) is 50.5. The molecule has 44 heavy (non-hydrogen) atoms. The highest BCUT2D eigenvalue weighted by atomic mass is 16.5. The zero-order valence-corrected chi connectivity index (χ0v) is 26.6. The number of benzene rings is 2. The first kappa shape index (κ1) is 36.0. The van der Waals surface area contributed by atoms with Crippen LogP contribution in [-0.2, 0) is 27.3 Å². The number of carbonyl (C=O) groups is 4. The third-order valence-corrected chi connectivity index (χ3v) is 6.95. The van der Waals surface area contributed by atoms with Gasteiger partial charge in [-0.2, -0.15) is 0 Å². The number of aliphatic hydroxyl groups excluding tert-OH is 1. The fourth-order valence-corrected chi connectivity index (χ4v) is 4.60. The van der Waals surface area contributed by atoms with Crippen LogP contribution in [0.15, 0.2) is 60.7 Å². The van der Waals surface area contributed by atoms with Gasteiger partial charge in [0.1, 0.15) is 12.1 Å². The number of aliphatic hydroxyl groups is 1. The lowest BCUT2D eigenvalue weighted by Crippen LogP contribution is -2.60. The smallest absolute Gasteiger partial charge is 0.407 e. The summed E-state index contributed by atoms with van der Waals surface area (Å²) in [6, 6.07) is 15.7. The maximum absolute atomic E-state index is 13.6. The summed E-state index contributed by atoms with van der Waals surface area (Å²) in [5, 5.41) is 30.2. The molecule has 0 aliphatic carbocycles. The fraction of sp³-hybridized carbons (Fsp3) is 0.500. The summed E-state index contributed by atoms with van der Waals surface area (Å²) in [6.07, 6.45) is -3.06. The fourth-order valence-electron chi connectivity index (χ4n) is 4.60. The molecule has 0 heterocycles. The van der Waals surface area contributed by atoms with Crippen molar-refractivity contribution < 1.29 is 34.1 Å². The molecule has 0 saturated heterocycles. The van der Waals surface area contributed by atoms with Gasteiger partial charge in [-0.15, -0.1) is 0 Å². The summed E-state index contributed by atoms with van der Waals surface area (Å²) in [5.41, 5.74) is 3.02.